The lowest BCUT2D eigenvalue weighted by atomic mass is 10.0. The molecule has 2 aromatic carbocycles. The number of anilines is 2. The second-order valence-corrected chi connectivity index (χ2v) is 5.39. The zero-order valence-corrected chi connectivity index (χ0v) is 10.8. The van der Waals surface area contributed by atoms with E-state index in [9.17, 15) is 0 Å². The number of nitrogens with zero attached hydrogens (tertiary/aromatic N) is 1. The Morgan fingerprint density at radius 2 is 2.00 bits per heavy atom. The molecule has 2 heterocycles. The van der Waals surface area contributed by atoms with E-state index in [4.69, 9.17) is 5.84 Å². The number of hydrazine groups is 1. The van der Waals surface area contributed by atoms with Crippen LogP contribution in [0.15, 0.2) is 42.5 Å². The van der Waals surface area contributed by atoms with E-state index in [0.29, 0.717) is 6.04 Å². The van der Waals surface area contributed by atoms with E-state index in [1.165, 1.54) is 28.1 Å². The number of hydrogen-bond acceptors (Lipinski definition) is 3. The quantitative estimate of drug-likeness (QED) is 0.766. The fourth-order valence-corrected chi connectivity index (χ4v) is 3.14. The fraction of sp³-hybridized carbons (Fsp3) is 0.250. The molecule has 1 atom stereocenters. The third-order valence-electron chi connectivity index (χ3n) is 4.21. The highest BCUT2D eigenvalue weighted by molar-refractivity contribution is 5.62. The summed E-state index contributed by atoms with van der Waals surface area (Å²) in [4.78, 5) is 0. The summed E-state index contributed by atoms with van der Waals surface area (Å²) >= 11 is 0. The molecule has 3 N–H and O–H groups in total. The minimum absolute atomic E-state index is 0.372. The number of hydrogen-bond donors (Lipinski definition) is 2. The summed E-state index contributed by atoms with van der Waals surface area (Å²) in [7, 11) is 0. The predicted molar refractivity (Wildman–Crippen MR) is 78.2 cm³/mol. The lowest BCUT2D eigenvalue weighted by Gasteiger charge is -2.16. The van der Waals surface area contributed by atoms with Gasteiger partial charge >= 0.3 is 0 Å². The van der Waals surface area contributed by atoms with Gasteiger partial charge in [-0.3, -0.25) is 0 Å². The molecule has 2 aliphatic heterocycles. The summed E-state index contributed by atoms with van der Waals surface area (Å²) in [6.07, 6.45) is 2.12. The molecule has 19 heavy (non-hydrogen) atoms. The Morgan fingerprint density at radius 3 is 2.89 bits per heavy atom. The summed E-state index contributed by atoms with van der Waals surface area (Å²) in [5, 5.41) is 5.46. The van der Waals surface area contributed by atoms with Crippen LogP contribution in [0.5, 0.6) is 0 Å². The first-order valence-corrected chi connectivity index (χ1v) is 6.81. The maximum Gasteiger partial charge on any atom is 0.0555 e. The van der Waals surface area contributed by atoms with Crippen molar-refractivity contribution < 1.29 is 0 Å². The Balaban J connectivity index is 1.67. The normalized spacial score (nSPS) is 20.1. The standard InChI is InChI=1S/C16H17N3/c17-19-8-7-11-5-6-13(10-16(11)19)15-9-12-3-1-2-4-14(12)18-15/h1-6,10,15,18H,7-9,17H2. The number of benzene rings is 2. The van der Waals surface area contributed by atoms with Crippen LogP contribution in [0.25, 0.3) is 0 Å². The molecule has 0 radical (unpaired) electrons. The van der Waals surface area contributed by atoms with Crippen LogP contribution in [-0.2, 0) is 12.8 Å². The Hall–Kier alpha value is -2.00. The van der Waals surface area contributed by atoms with Gasteiger partial charge in [-0.1, -0.05) is 30.3 Å². The Bertz CT molecular complexity index is 611. The summed E-state index contributed by atoms with van der Waals surface area (Å²) in [6.45, 7) is 0.928. The van der Waals surface area contributed by atoms with E-state index >= 15 is 0 Å². The van der Waals surface area contributed by atoms with Gasteiger partial charge in [0.1, 0.15) is 0 Å². The van der Waals surface area contributed by atoms with Crippen molar-refractivity contribution >= 4 is 11.4 Å². The Kier molecular flexibility index (Phi) is 2.29. The molecule has 0 fully saturated rings. The average Bonchev–Trinajstić information content (AvgIpc) is 3.02. The lowest BCUT2D eigenvalue weighted by molar-refractivity contribution is 0.822. The number of rotatable bonds is 1. The molecule has 2 aromatic rings. The maximum absolute atomic E-state index is 6.01. The van der Waals surface area contributed by atoms with Gasteiger partial charge in [0.2, 0.25) is 0 Å². The molecule has 3 nitrogen and oxygen atoms in total. The minimum atomic E-state index is 0.372. The highest BCUT2D eigenvalue weighted by Crippen LogP contribution is 2.36. The minimum Gasteiger partial charge on any atom is -0.378 e. The van der Waals surface area contributed by atoms with Crippen molar-refractivity contribution in [2.24, 2.45) is 5.84 Å². The maximum atomic E-state index is 6.01. The van der Waals surface area contributed by atoms with E-state index < -0.39 is 0 Å². The molecule has 0 amide bonds. The van der Waals surface area contributed by atoms with Crippen molar-refractivity contribution in [3.05, 3.63) is 59.2 Å². The number of nitrogens with two attached hydrogens (primary N) is 1. The van der Waals surface area contributed by atoms with Gasteiger partial charge in [-0.25, -0.2) is 5.84 Å². The van der Waals surface area contributed by atoms with Gasteiger partial charge in [0.05, 0.1) is 11.7 Å². The molecule has 2 aliphatic rings. The van der Waals surface area contributed by atoms with Crippen molar-refractivity contribution in [2.45, 2.75) is 18.9 Å². The van der Waals surface area contributed by atoms with Crippen LogP contribution in [0, 0.1) is 0 Å². The molecule has 0 aromatic heterocycles. The van der Waals surface area contributed by atoms with E-state index in [1.807, 2.05) is 5.01 Å². The van der Waals surface area contributed by atoms with Crippen molar-refractivity contribution in [3.8, 4) is 0 Å². The molecule has 4 rings (SSSR count). The number of para-hydroxylation sites is 1. The lowest BCUT2D eigenvalue weighted by Crippen LogP contribution is -2.28. The second kappa shape index (κ2) is 4.00. The predicted octanol–water partition coefficient (Wildman–Crippen LogP) is 2.63. The van der Waals surface area contributed by atoms with Crippen molar-refractivity contribution in [1.82, 2.24) is 0 Å². The smallest absolute Gasteiger partial charge is 0.0555 e. The zero-order chi connectivity index (χ0) is 12.8. The van der Waals surface area contributed by atoms with Crippen LogP contribution in [-0.4, -0.2) is 6.54 Å². The van der Waals surface area contributed by atoms with E-state index in [-0.39, 0.29) is 0 Å². The van der Waals surface area contributed by atoms with Crippen LogP contribution in [0.1, 0.15) is 22.7 Å². The number of fused-ring (bicyclic) bond motifs is 2. The van der Waals surface area contributed by atoms with Gasteiger partial charge < -0.3 is 10.3 Å². The average molecular weight is 251 g/mol. The van der Waals surface area contributed by atoms with E-state index in [0.717, 1.165) is 19.4 Å². The Morgan fingerprint density at radius 1 is 1.11 bits per heavy atom. The Labute approximate surface area is 113 Å². The van der Waals surface area contributed by atoms with Crippen molar-refractivity contribution in [1.29, 1.82) is 0 Å². The van der Waals surface area contributed by atoms with Crippen LogP contribution < -0.4 is 16.2 Å². The van der Waals surface area contributed by atoms with Gasteiger partial charge in [-0.2, -0.15) is 0 Å². The first-order chi connectivity index (χ1) is 9.31. The van der Waals surface area contributed by atoms with Crippen LogP contribution in [0.2, 0.25) is 0 Å². The molecule has 96 valence electrons. The zero-order valence-electron chi connectivity index (χ0n) is 10.8. The number of nitrogens with one attached hydrogen (secondary N) is 1. The van der Waals surface area contributed by atoms with E-state index in [2.05, 4.69) is 47.8 Å². The molecular weight excluding hydrogens is 234 g/mol. The topological polar surface area (TPSA) is 41.3 Å². The SMILES string of the molecule is NN1CCc2ccc(C3Cc4ccccc4N3)cc21. The molecule has 0 spiro atoms. The first kappa shape index (κ1) is 10.9. The molecule has 3 heteroatoms. The van der Waals surface area contributed by atoms with Crippen LogP contribution in [0.3, 0.4) is 0 Å². The highest BCUT2D eigenvalue weighted by Gasteiger charge is 2.24. The van der Waals surface area contributed by atoms with Crippen molar-refractivity contribution in [3.63, 3.8) is 0 Å². The monoisotopic (exact) mass is 251 g/mol. The summed E-state index contributed by atoms with van der Waals surface area (Å²) < 4.78 is 0. The molecule has 0 bridgehead atoms. The van der Waals surface area contributed by atoms with Gasteiger partial charge in [0, 0.05) is 12.2 Å². The molecule has 0 saturated carbocycles. The van der Waals surface area contributed by atoms with Gasteiger partial charge in [0.25, 0.3) is 0 Å². The molecule has 1 unspecified atom stereocenters. The summed E-state index contributed by atoms with van der Waals surface area (Å²) in [5.41, 5.74) is 6.54. The van der Waals surface area contributed by atoms with Crippen LogP contribution >= 0.6 is 0 Å². The fourth-order valence-electron chi connectivity index (χ4n) is 3.14. The van der Waals surface area contributed by atoms with Gasteiger partial charge in [0.15, 0.2) is 0 Å². The third kappa shape index (κ3) is 1.70. The largest absolute Gasteiger partial charge is 0.378 e. The second-order valence-electron chi connectivity index (χ2n) is 5.39. The van der Waals surface area contributed by atoms with Crippen LogP contribution in [0.4, 0.5) is 11.4 Å². The highest BCUT2D eigenvalue weighted by atomic mass is 15.4. The molecule has 0 saturated heterocycles. The van der Waals surface area contributed by atoms with E-state index in [1.54, 1.807) is 0 Å². The molecular formula is C16H17N3. The third-order valence-corrected chi connectivity index (χ3v) is 4.21. The first-order valence-electron chi connectivity index (χ1n) is 6.81. The molecule has 0 aliphatic carbocycles. The van der Waals surface area contributed by atoms with Gasteiger partial charge in [-0.05, 0) is 41.7 Å². The summed E-state index contributed by atoms with van der Waals surface area (Å²) in [5.74, 6) is 6.01. The van der Waals surface area contributed by atoms with Gasteiger partial charge in [-0.15, -0.1) is 0 Å². The summed E-state index contributed by atoms with van der Waals surface area (Å²) in [6, 6.07) is 15.6. The van der Waals surface area contributed by atoms with Crippen molar-refractivity contribution in [2.75, 3.05) is 16.9 Å².